The highest BCUT2D eigenvalue weighted by Gasteiger charge is 2.23. The summed E-state index contributed by atoms with van der Waals surface area (Å²) < 4.78 is 12.9. The van der Waals surface area contributed by atoms with Gasteiger partial charge in [0.05, 0.1) is 49.9 Å². The van der Waals surface area contributed by atoms with Gasteiger partial charge in [-0.2, -0.15) is 5.10 Å². The Balaban J connectivity index is 1.43. The van der Waals surface area contributed by atoms with Gasteiger partial charge in [0.2, 0.25) is 0 Å². The molecule has 26 heavy (non-hydrogen) atoms. The number of carbonyl (C=O) groups excluding carboxylic acids is 1. The van der Waals surface area contributed by atoms with E-state index in [1.165, 1.54) is 0 Å². The Kier molecular flexibility index (Phi) is 5.05. The fourth-order valence-electron chi connectivity index (χ4n) is 3.51. The summed E-state index contributed by atoms with van der Waals surface area (Å²) in [6, 6.07) is 3.71. The van der Waals surface area contributed by atoms with Gasteiger partial charge in [-0.05, 0) is 18.6 Å². The van der Waals surface area contributed by atoms with E-state index >= 15 is 0 Å². The molecule has 0 atom stereocenters. The summed E-state index contributed by atoms with van der Waals surface area (Å²) in [7, 11) is 0. The first-order chi connectivity index (χ1) is 12.7. The van der Waals surface area contributed by atoms with Crippen molar-refractivity contribution in [2.75, 3.05) is 32.8 Å². The lowest BCUT2D eigenvalue weighted by atomic mass is 10.2. The van der Waals surface area contributed by atoms with Crippen LogP contribution in [0, 0.1) is 0 Å². The van der Waals surface area contributed by atoms with E-state index in [-0.39, 0.29) is 12.5 Å². The number of fused-ring (bicyclic) bond motifs is 1. The first-order valence-electron chi connectivity index (χ1n) is 9.06. The van der Waals surface area contributed by atoms with E-state index in [0.717, 1.165) is 50.7 Å². The van der Waals surface area contributed by atoms with Gasteiger partial charge >= 0.3 is 0 Å². The van der Waals surface area contributed by atoms with Crippen molar-refractivity contribution in [3.05, 3.63) is 41.1 Å². The lowest BCUT2D eigenvalue weighted by molar-refractivity contribution is 0.0313. The Hall–Kier alpha value is -2.16. The topological polar surface area (TPSA) is 84.0 Å². The van der Waals surface area contributed by atoms with Gasteiger partial charge in [-0.3, -0.25) is 14.4 Å². The third kappa shape index (κ3) is 3.67. The second kappa shape index (κ2) is 7.61. The number of aliphatic hydroxyl groups excluding tert-OH is 1. The maximum atomic E-state index is 12.9. The second-order valence-corrected chi connectivity index (χ2v) is 6.78. The molecule has 8 nitrogen and oxygen atoms in total. The molecule has 1 N–H and O–H groups in total. The number of furan rings is 1. The Labute approximate surface area is 151 Å². The largest absolute Gasteiger partial charge is 0.467 e. The molecule has 140 valence electrons. The number of rotatable bonds is 4. The number of hydrogen-bond acceptors (Lipinski definition) is 6. The van der Waals surface area contributed by atoms with Crippen molar-refractivity contribution >= 4 is 5.91 Å². The Morgan fingerprint density at radius 2 is 2.04 bits per heavy atom. The third-order valence-electron chi connectivity index (χ3n) is 4.90. The van der Waals surface area contributed by atoms with Crippen molar-refractivity contribution in [2.24, 2.45) is 0 Å². The average molecular weight is 360 g/mol. The molecule has 2 aliphatic heterocycles. The zero-order valence-electron chi connectivity index (χ0n) is 14.8. The first kappa shape index (κ1) is 17.3. The Morgan fingerprint density at radius 1 is 1.19 bits per heavy atom. The fraction of sp³-hybridized carbons (Fsp3) is 0.556. The summed E-state index contributed by atoms with van der Waals surface area (Å²) in [6.45, 7) is 5.79. The van der Waals surface area contributed by atoms with Crippen LogP contribution >= 0.6 is 0 Å². The normalized spacial score (nSPS) is 18.6. The zero-order chi connectivity index (χ0) is 17.9. The van der Waals surface area contributed by atoms with Gasteiger partial charge in [0.15, 0.2) is 0 Å². The molecule has 2 aliphatic rings. The summed E-state index contributed by atoms with van der Waals surface area (Å²) in [5, 5.41) is 13.6. The molecule has 0 saturated carbocycles. The number of hydrogen-bond donors (Lipinski definition) is 1. The molecule has 2 aromatic heterocycles. The number of ether oxygens (including phenoxy) is 1. The van der Waals surface area contributed by atoms with Gasteiger partial charge < -0.3 is 19.2 Å². The fourth-order valence-corrected chi connectivity index (χ4v) is 3.51. The van der Waals surface area contributed by atoms with E-state index in [4.69, 9.17) is 9.15 Å². The molecule has 4 heterocycles. The SMILES string of the molecule is O=C(c1coc(CN2CCOCC2)c1)N1CCCn2nc(CO)cc2C1. The summed E-state index contributed by atoms with van der Waals surface area (Å²) >= 11 is 0. The maximum absolute atomic E-state index is 12.9. The van der Waals surface area contributed by atoms with Crippen LogP contribution in [0.4, 0.5) is 0 Å². The highest BCUT2D eigenvalue weighted by Crippen LogP contribution is 2.19. The van der Waals surface area contributed by atoms with Gasteiger partial charge in [0.1, 0.15) is 12.0 Å². The lowest BCUT2D eigenvalue weighted by Gasteiger charge is -2.25. The van der Waals surface area contributed by atoms with E-state index in [2.05, 4.69) is 10.00 Å². The molecule has 4 rings (SSSR count). The Bertz CT molecular complexity index is 763. The number of aliphatic hydroxyl groups is 1. The minimum atomic E-state index is -0.0828. The van der Waals surface area contributed by atoms with Crippen LogP contribution in [0.15, 0.2) is 22.8 Å². The number of carbonyl (C=O) groups is 1. The van der Waals surface area contributed by atoms with Crippen molar-refractivity contribution in [3.63, 3.8) is 0 Å². The predicted molar refractivity (Wildman–Crippen MR) is 92.3 cm³/mol. The van der Waals surface area contributed by atoms with Gasteiger partial charge in [-0.15, -0.1) is 0 Å². The first-order valence-corrected chi connectivity index (χ1v) is 9.06. The van der Waals surface area contributed by atoms with Crippen molar-refractivity contribution in [1.29, 1.82) is 0 Å². The quantitative estimate of drug-likeness (QED) is 0.870. The van der Waals surface area contributed by atoms with E-state index in [1.807, 2.05) is 21.7 Å². The standard InChI is InChI=1S/C18H24N4O4/c23-12-15-9-16-10-21(2-1-3-22(16)19-15)18(24)14-8-17(26-13-14)11-20-4-6-25-7-5-20/h8-9,13,23H,1-7,10-12H2. The molecule has 0 aromatic carbocycles. The van der Waals surface area contributed by atoms with Crippen LogP contribution in [0.25, 0.3) is 0 Å². The van der Waals surface area contributed by atoms with Crippen LogP contribution in [-0.4, -0.2) is 63.4 Å². The molecule has 8 heteroatoms. The Morgan fingerprint density at radius 3 is 2.85 bits per heavy atom. The van der Waals surface area contributed by atoms with Crippen molar-refractivity contribution in [1.82, 2.24) is 19.6 Å². The molecule has 0 bridgehead atoms. The van der Waals surface area contributed by atoms with E-state index in [0.29, 0.717) is 30.9 Å². The molecule has 1 amide bonds. The van der Waals surface area contributed by atoms with E-state index in [9.17, 15) is 9.90 Å². The molecule has 0 radical (unpaired) electrons. The second-order valence-electron chi connectivity index (χ2n) is 6.78. The number of aromatic nitrogens is 2. The van der Waals surface area contributed by atoms with Crippen LogP contribution in [0.2, 0.25) is 0 Å². The molecule has 2 aromatic rings. The molecule has 1 fully saturated rings. The monoisotopic (exact) mass is 360 g/mol. The highest BCUT2D eigenvalue weighted by atomic mass is 16.5. The minimum absolute atomic E-state index is 0.0258. The lowest BCUT2D eigenvalue weighted by Crippen LogP contribution is -2.35. The number of morpholine rings is 1. The molecular formula is C18H24N4O4. The smallest absolute Gasteiger partial charge is 0.257 e. The summed E-state index contributed by atoms with van der Waals surface area (Å²) in [4.78, 5) is 17.0. The molecule has 0 spiro atoms. The van der Waals surface area contributed by atoms with E-state index < -0.39 is 0 Å². The zero-order valence-corrected chi connectivity index (χ0v) is 14.8. The number of amides is 1. The van der Waals surface area contributed by atoms with Gasteiger partial charge in [0.25, 0.3) is 5.91 Å². The van der Waals surface area contributed by atoms with Gasteiger partial charge in [-0.1, -0.05) is 0 Å². The number of aryl methyl sites for hydroxylation is 1. The number of nitrogens with zero attached hydrogens (tertiary/aromatic N) is 4. The van der Waals surface area contributed by atoms with Gasteiger partial charge in [-0.25, -0.2) is 0 Å². The molecular weight excluding hydrogens is 336 g/mol. The van der Waals surface area contributed by atoms with E-state index in [1.54, 1.807) is 6.26 Å². The molecule has 0 aliphatic carbocycles. The van der Waals surface area contributed by atoms with Gasteiger partial charge in [0, 0.05) is 26.2 Å². The van der Waals surface area contributed by atoms with Crippen molar-refractivity contribution in [3.8, 4) is 0 Å². The van der Waals surface area contributed by atoms with Crippen LogP contribution in [0.1, 0.15) is 33.9 Å². The third-order valence-corrected chi connectivity index (χ3v) is 4.90. The average Bonchev–Trinajstić information content (AvgIpc) is 3.23. The minimum Gasteiger partial charge on any atom is -0.467 e. The summed E-state index contributed by atoms with van der Waals surface area (Å²) in [5.41, 5.74) is 2.19. The predicted octanol–water partition coefficient (Wildman–Crippen LogP) is 0.847. The summed E-state index contributed by atoms with van der Waals surface area (Å²) in [5.74, 6) is 0.778. The molecule has 1 saturated heterocycles. The van der Waals surface area contributed by atoms with Crippen LogP contribution in [0.3, 0.4) is 0 Å². The molecule has 0 unspecified atom stereocenters. The van der Waals surface area contributed by atoms with Crippen molar-refractivity contribution in [2.45, 2.75) is 32.7 Å². The highest BCUT2D eigenvalue weighted by molar-refractivity contribution is 5.94. The van der Waals surface area contributed by atoms with Crippen LogP contribution < -0.4 is 0 Å². The summed E-state index contributed by atoms with van der Waals surface area (Å²) in [6.07, 6.45) is 2.39. The van der Waals surface area contributed by atoms with Crippen molar-refractivity contribution < 1.29 is 19.1 Å². The van der Waals surface area contributed by atoms with Crippen LogP contribution in [-0.2, 0) is 31.0 Å². The maximum Gasteiger partial charge on any atom is 0.257 e. The van der Waals surface area contributed by atoms with Crippen LogP contribution in [0.5, 0.6) is 0 Å².